The first kappa shape index (κ1) is 12.8. The second-order valence-corrected chi connectivity index (χ2v) is 7.15. The van der Waals surface area contributed by atoms with Crippen molar-refractivity contribution >= 4 is 11.8 Å². The van der Waals surface area contributed by atoms with Crippen LogP contribution in [0.4, 0.5) is 0 Å². The predicted octanol–water partition coefficient (Wildman–Crippen LogP) is 3.69. The highest BCUT2D eigenvalue weighted by atomic mass is 32.2. The van der Waals surface area contributed by atoms with Crippen molar-refractivity contribution in [3.8, 4) is 0 Å². The van der Waals surface area contributed by atoms with Gasteiger partial charge in [-0.1, -0.05) is 19.8 Å². The molecule has 0 aromatic heterocycles. The highest BCUT2D eigenvalue weighted by molar-refractivity contribution is 7.99. The van der Waals surface area contributed by atoms with Crippen molar-refractivity contribution in [3.05, 3.63) is 0 Å². The van der Waals surface area contributed by atoms with Gasteiger partial charge in [-0.2, -0.15) is 11.8 Å². The van der Waals surface area contributed by atoms with E-state index in [1.165, 1.54) is 63.8 Å². The minimum Gasteiger partial charge on any atom is -0.317 e. The molecule has 0 radical (unpaired) electrons. The smallest absolute Gasteiger partial charge is 0.00495 e. The maximum absolute atomic E-state index is 3.45. The maximum Gasteiger partial charge on any atom is 0.00495 e. The fraction of sp³-hybridized carbons (Fsp3) is 1.00. The molecule has 1 aliphatic carbocycles. The van der Waals surface area contributed by atoms with E-state index in [1.54, 1.807) is 0 Å². The molecule has 94 valence electrons. The molecule has 0 amide bonds. The Hall–Kier alpha value is 0.310. The summed E-state index contributed by atoms with van der Waals surface area (Å²) in [4.78, 5) is 0. The molecule has 2 rings (SSSR count). The second kappa shape index (κ2) is 6.90. The lowest BCUT2D eigenvalue weighted by atomic mass is 9.91. The van der Waals surface area contributed by atoms with E-state index in [0.29, 0.717) is 0 Å². The van der Waals surface area contributed by atoms with Gasteiger partial charge in [0, 0.05) is 5.25 Å². The molecule has 0 spiro atoms. The van der Waals surface area contributed by atoms with Gasteiger partial charge in [0.2, 0.25) is 0 Å². The van der Waals surface area contributed by atoms with E-state index in [0.717, 1.165) is 17.1 Å². The SMILES string of the molecule is CC1CCCC(SCCC2CCNCC2)C1. The number of rotatable bonds is 4. The number of piperidine rings is 1. The summed E-state index contributed by atoms with van der Waals surface area (Å²) in [5.41, 5.74) is 0. The van der Waals surface area contributed by atoms with Gasteiger partial charge < -0.3 is 5.32 Å². The van der Waals surface area contributed by atoms with Crippen LogP contribution >= 0.6 is 11.8 Å². The Morgan fingerprint density at radius 2 is 1.94 bits per heavy atom. The van der Waals surface area contributed by atoms with Gasteiger partial charge in [0.05, 0.1) is 0 Å². The first-order chi connectivity index (χ1) is 7.84. The molecule has 16 heavy (non-hydrogen) atoms. The summed E-state index contributed by atoms with van der Waals surface area (Å²) in [6, 6.07) is 0. The van der Waals surface area contributed by atoms with Crippen molar-refractivity contribution in [2.45, 2.75) is 57.1 Å². The molecule has 1 N–H and O–H groups in total. The second-order valence-electron chi connectivity index (χ2n) is 5.75. The standard InChI is InChI=1S/C14H27NS/c1-12-3-2-4-14(11-12)16-10-7-13-5-8-15-9-6-13/h12-15H,2-11H2,1H3. The summed E-state index contributed by atoms with van der Waals surface area (Å²) in [5, 5.41) is 4.44. The van der Waals surface area contributed by atoms with Crippen molar-refractivity contribution in [2.75, 3.05) is 18.8 Å². The van der Waals surface area contributed by atoms with E-state index in [4.69, 9.17) is 0 Å². The molecule has 1 nitrogen and oxygen atoms in total. The van der Waals surface area contributed by atoms with E-state index in [-0.39, 0.29) is 0 Å². The zero-order chi connectivity index (χ0) is 11.2. The molecular weight excluding hydrogens is 214 g/mol. The minimum absolute atomic E-state index is 0.991. The Labute approximate surface area is 105 Å². The van der Waals surface area contributed by atoms with Crippen LogP contribution in [-0.2, 0) is 0 Å². The maximum atomic E-state index is 3.45. The fourth-order valence-electron chi connectivity index (χ4n) is 3.10. The van der Waals surface area contributed by atoms with Crippen LogP contribution in [0.1, 0.15) is 51.9 Å². The van der Waals surface area contributed by atoms with Crippen molar-refractivity contribution in [2.24, 2.45) is 11.8 Å². The van der Waals surface area contributed by atoms with Gasteiger partial charge in [0.1, 0.15) is 0 Å². The van der Waals surface area contributed by atoms with Crippen LogP contribution in [-0.4, -0.2) is 24.1 Å². The fourth-order valence-corrected chi connectivity index (χ4v) is 4.70. The zero-order valence-electron chi connectivity index (χ0n) is 10.7. The van der Waals surface area contributed by atoms with Gasteiger partial charge in [0.15, 0.2) is 0 Å². The van der Waals surface area contributed by atoms with Crippen LogP contribution in [0.2, 0.25) is 0 Å². The first-order valence-electron chi connectivity index (χ1n) is 7.17. The van der Waals surface area contributed by atoms with Crippen molar-refractivity contribution in [3.63, 3.8) is 0 Å². The van der Waals surface area contributed by atoms with Crippen LogP contribution < -0.4 is 5.32 Å². The van der Waals surface area contributed by atoms with Crippen molar-refractivity contribution < 1.29 is 0 Å². The minimum atomic E-state index is 0.991. The summed E-state index contributed by atoms with van der Waals surface area (Å²) >= 11 is 2.27. The molecule has 0 aromatic carbocycles. The van der Waals surface area contributed by atoms with Gasteiger partial charge >= 0.3 is 0 Å². The molecule has 0 aromatic rings. The number of hydrogen-bond acceptors (Lipinski definition) is 2. The molecule has 2 aliphatic rings. The lowest BCUT2D eigenvalue weighted by molar-refractivity contribution is 0.366. The average molecular weight is 241 g/mol. The van der Waals surface area contributed by atoms with Gasteiger partial charge in [0.25, 0.3) is 0 Å². The summed E-state index contributed by atoms with van der Waals surface area (Å²) < 4.78 is 0. The van der Waals surface area contributed by atoms with Gasteiger partial charge in [-0.15, -0.1) is 0 Å². The Morgan fingerprint density at radius 1 is 1.12 bits per heavy atom. The Morgan fingerprint density at radius 3 is 2.69 bits per heavy atom. The third kappa shape index (κ3) is 4.29. The molecule has 2 fully saturated rings. The van der Waals surface area contributed by atoms with Gasteiger partial charge in [-0.05, 0) is 62.8 Å². The van der Waals surface area contributed by atoms with E-state index in [2.05, 4.69) is 24.0 Å². The largest absolute Gasteiger partial charge is 0.317 e. The van der Waals surface area contributed by atoms with Crippen LogP contribution in [0.5, 0.6) is 0 Å². The number of thioether (sulfide) groups is 1. The molecule has 2 unspecified atom stereocenters. The van der Waals surface area contributed by atoms with E-state index in [9.17, 15) is 0 Å². The quantitative estimate of drug-likeness (QED) is 0.805. The summed E-state index contributed by atoms with van der Waals surface area (Å²) in [7, 11) is 0. The highest BCUT2D eigenvalue weighted by Crippen LogP contribution is 2.33. The van der Waals surface area contributed by atoms with Gasteiger partial charge in [-0.3, -0.25) is 0 Å². The summed E-state index contributed by atoms with van der Waals surface area (Å²) in [6.45, 7) is 4.95. The molecule has 1 heterocycles. The summed E-state index contributed by atoms with van der Waals surface area (Å²) in [5.74, 6) is 3.43. The molecule has 1 saturated heterocycles. The third-order valence-electron chi connectivity index (χ3n) is 4.23. The van der Waals surface area contributed by atoms with Crippen molar-refractivity contribution in [1.29, 1.82) is 0 Å². The zero-order valence-corrected chi connectivity index (χ0v) is 11.5. The number of nitrogens with one attached hydrogen (secondary N) is 1. The average Bonchev–Trinajstić information content (AvgIpc) is 2.30. The third-order valence-corrected chi connectivity index (χ3v) is 5.60. The highest BCUT2D eigenvalue weighted by Gasteiger charge is 2.19. The van der Waals surface area contributed by atoms with Crippen molar-refractivity contribution in [1.82, 2.24) is 5.32 Å². The van der Waals surface area contributed by atoms with Crippen LogP contribution in [0.15, 0.2) is 0 Å². The Kier molecular flexibility index (Phi) is 5.51. The number of hydrogen-bond donors (Lipinski definition) is 1. The van der Waals surface area contributed by atoms with E-state index in [1.807, 2.05) is 0 Å². The van der Waals surface area contributed by atoms with E-state index >= 15 is 0 Å². The monoisotopic (exact) mass is 241 g/mol. The Balaban J connectivity index is 1.56. The van der Waals surface area contributed by atoms with Gasteiger partial charge in [-0.25, -0.2) is 0 Å². The summed E-state index contributed by atoms with van der Waals surface area (Å²) in [6.07, 6.45) is 10.2. The molecule has 2 heteroatoms. The molecule has 2 atom stereocenters. The molecular formula is C14H27NS. The topological polar surface area (TPSA) is 12.0 Å². The molecule has 1 aliphatic heterocycles. The first-order valence-corrected chi connectivity index (χ1v) is 8.22. The lowest BCUT2D eigenvalue weighted by Crippen LogP contribution is -2.28. The molecule has 0 bridgehead atoms. The Bertz CT molecular complexity index is 189. The lowest BCUT2D eigenvalue weighted by Gasteiger charge is -2.27. The predicted molar refractivity (Wildman–Crippen MR) is 74.1 cm³/mol. The van der Waals surface area contributed by atoms with Crippen LogP contribution in [0.25, 0.3) is 0 Å². The van der Waals surface area contributed by atoms with Crippen LogP contribution in [0.3, 0.4) is 0 Å². The van der Waals surface area contributed by atoms with E-state index < -0.39 is 0 Å². The normalized spacial score (nSPS) is 32.8. The molecule has 1 saturated carbocycles. The van der Waals surface area contributed by atoms with Crippen LogP contribution in [0, 0.1) is 11.8 Å².